The third kappa shape index (κ3) is 3.94. The van der Waals surface area contributed by atoms with Crippen molar-refractivity contribution in [2.24, 2.45) is 5.73 Å². The lowest BCUT2D eigenvalue weighted by Crippen LogP contribution is -2.10. The van der Waals surface area contributed by atoms with Crippen LogP contribution in [0.1, 0.15) is 12.0 Å². The van der Waals surface area contributed by atoms with Crippen molar-refractivity contribution in [1.82, 2.24) is 9.78 Å². The summed E-state index contributed by atoms with van der Waals surface area (Å²) in [5, 5.41) is 8.06. The van der Waals surface area contributed by atoms with Crippen molar-refractivity contribution in [2.75, 3.05) is 11.9 Å². The molecule has 2 aromatic rings. The number of nitrogens with zero attached hydrogens (tertiary/aromatic N) is 2. The van der Waals surface area contributed by atoms with Crippen molar-refractivity contribution < 1.29 is 0 Å². The molecule has 19 heavy (non-hydrogen) atoms. The minimum Gasteiger partial charge on any atom is -0.389 e. The fraction of sp³-hybridized carbons (Fsp3) is 0.231. The average molecular weight is 295 g/mol. The fourth-order valence-electron chi connectivity index (χ4n) is 1.71. The summed E-state index contributed by atoms with van der Waals surface area (Å²) in [7, 11) is 0. The monoisotopic (exact) mass is 294 g/mol. The number of aromatic nitrogens is 2. The number of halogens is 1. The van der Waals surface area contributed by atoms with Crippen LogP contribution in [0.5, 0.6) is 0 Å². The molecular weight excluding hydrogens is 280 g/mol. The van der Waals surface area contributed by atoms with Gasteiger partial charge in [0.25, 0.3) is 0 Å². The molecule has 0 aliphatic heterocycles. The summed E-state index contributed by atoms with van der Waals surface area (Å²) in [5.41, 5.74) is 7.22. The van der Waals surface area contributed by atoms with Crippen molar-refractivity contribution >= 4 is 34.5 Å². The van der Waals surface area contributed by atoms with Gasteiger partial charge in [0.05, 0.1) is 10.7 Å². The average Bonchev–Trinajstić information content (AvgIpc) is 2.89. The van der Waals surface area contributed by atoms with Gasteiger partial charge in [0, 0.05) is 31.0 Å². The summed E-state index contributed by atoms with van der Waals surface area (Å²) in [6.07, 6.45) is 4.69. The minimum atomic E-state index is 0.354. The van der Waals surface area contributed by atoms with E-state index in [4.69, 9.17) is 29.6 Å². The van der Waals surface area contributed by atoms with Crippen LogP contribution in [0.4, 0.5) is 5.69 Å². The molecule has 100 valence electrons. The first-order valence-electron chi connectivity index (χ1n) is 5.97. The van der Waals surface area contributed by atoms with Crippen molar-refractivity contribution in [3.63, 3.8) is 0 Å². The van der Waals surface area contributed by atoms with Crippen molar-refractivity contribution in [3.05, 3.63) is 47.2 Å². The van der Waals surface area contributed by atoms with Gasteiger partial charge in [-0.15, -0.1) is 0 Å². The summed E-state index contributed by atoms with van der Waals surface area (Å²) in [6.45, 7) is 1.70. The summed E-state index contributed by atoms with van der Waals surface area (Å²) >= 11 is 11.1. The van der Waals surface area contributed by atoms with E-state index in [-0.39, 0.29) is 0 Å². The normalized spacial score (nSPS) is 10.4. The second-order valence-corrected chi connectivity index (χ2v) is 4.96. The Morgan fingerprint density at radius 3 is 2.95 bits per heavy atom. The van der Waals surface area contributed by atoms with E-state index in [1.54, 1.807) is 12.3 Å². The zero-order valence-electron chi connectivity index (χ0n) is 10.3. The summed E-state index contributed by atoms with van der Waals surface area (Å²) in [5.74, 6) is 0. The van der Waals surface area contributed by atoms with Crippen molar-refractivity contribution in [3.8, 4) is 0 Å². The molecule has 1 heterocycles. The van der Waals surface area contributed by atoms with E-state index in [0.717, 1.165) is 30.8 Å². The Morgan fingerprint density at radius 2 is 2.32 bits per heavy atom. The number of aryl methyl sites for hydroxylation is 1. The van der Waals surface area contributed by atoms with Gasteiger partial charge in [-0.2, -0.15) is 5.10 Å². The van der Waals surface area contributed by atoms with E-state index < -0.39 is 0 Å². The van der Waals surface area contributed by atoms with Crippen LogP contribution in [-0.2, 0) is 6.54 Å². The molecule has 0 amide bonds. The predicted octanol–water partition coefficient (Wildman–Crippen LogP) is 2.67. The van der Waals surface area contributed by atoms with Gasteiger partial charge in [-0.05, 0) is 30.7 Å². The second-order valence-electron chi connectivity index (χ2n) is 4.11. The molecule has 0 radical (unpaired) electrons. The first-order chi connectivity index (χ1) is 9.16. The molecule has 0 unspecified atom stereocenters. The number of hydrogen-bond acceptors (Lipinski definition) is 3. The molecule has 0 fully saturated rings. The van der Waals surface area contributed by atoms with E-state index in [9.17, 15) is 0 Å². The van der Waals surface area contributed by atoms with E-state index in [1.165, 1.54) is 0 Å². The van der Waals surface area contributed by atoms with Crippen LogP contribution in [0.25, 0.3) is 0 Å². The Hall–Kier alpha value is -1.59. The highest BCUT2D eigenvalue weighted by Crippen LogP contribution is 2.22. The van der Waals surface area contributed by atoms with Crippen LogP contribution >= 0.6 is 23.8 Å². The van der Waals surface area contributed by atoms with Crippen molar-refractivity contribution in [1.29, 1.82) is 0 Å². The van der Waals surface area contributed by atoms with Gasteiger partial charge in [0.1, 0.15) is 4.99 Å². The number of anilines is 1. The third-order valence-corrected chi connectivity index (χ3v) is 3.24. The Labute approximate surface area is 122 Å². The largest absolute Gasteiger partial charge is 0.389 e. The first-order valence-corrected chi connectivity index (χ1v) is 6.76. The first kappa shape index (κ1) is 13.8. The van der Waals surface area contributed by atoms with Crippen LogP contribution in [0.3, 0.4) is 0 Å². The molecule has 0 atom stereocenters. The van der Waals surface area contributed by atoms with Gasteiger partial charge in [0.2, 0.25) is 0 Å². The van der Waals surface area contributed by atoms with E-state index in [1.807, 2.05) is 29.1 Å². The highest BCUT2D eigenvalue weighted by molar-refractivity contribution is 7.80. The third-order valence-electron chi connectivity index (χ3n) is 2.69. The zero-order chi connectivity index (χ0) is 13.7. The van der Waals surface area contributed by atoms with E-state index in [0.29, 0.717) is 10.0 Å². The molecule has 1 aromatic heterocycles. The maximum absolute atomic E-state index is 6.16. The number of nitrogens with one attached hydrogen (secondary N) is 1. The fourth-order valence-corrected chi connectivity index (χ4v) is 2.08. The lowest BCUT2D eigenvalue weighted by atomic mass is 10.2. The second kappa shape index (κ2) is 6.54. The van der Waals surface area contributed by atoms with Crippen LogP contribution < -0.4 is 11.1 Å². The molecule has 2 rings (SSSR count). The molecule has 0 aliphatic carbocycles. The predicted molar refractivity (Wildman–Crippen MR) is 82.7 cm³/mol. The SMILES string of the molecule is NC(=S)c1ccc(NCCCn2cccn2)c(Cl)c1. The Balaban J connectivity index is 1.84. The standard InChI is InChI=1S/C13H15ClN4S/c14-11-9-10(13(15)19)3-4-12(11)16-5-1-7-18-8-2-6-17-18/h2-4,6,8-9,16H,1,5,7H2,(H2,15,19). The summed E-state index contributed by atoms with van der Waals surface area (Å²) < 4.78 is 1.90. The molecular formula is C13H15ClN4S. The van der Waals surface area contributed by atoms with Gasteiger partial charge < -0.3 is 11.1 Å². The number of hydrogen-bond donors (Lipinski definition) is 2. The highest BCUT2D eigenvalue weighted by Gasteiger charge is 2.03. The zero-order valence-corrected chi connectivity index (χ0v) is 11.9. The van der Waals surface area contributed by atoms with Crippen LogP contribution in [0.2, 0.25) is 5.02 Å². The minimum absolute atomic E-state index is 0.354. The van der Waals surface area contributed by atoms with E-state index in [2.05, 4.69) is 10.4 Å². The Morgan fingerprint density at radius 1 is 1.47 bits per heavy atom. The molecule has 0 aliphatic rings. The highest BCUT2D eigenvalue weighted by atomic mass is 35.5. The lowest BCUT2D eigenvalue weighted by molar-refractivity contribution is 0.592. The van der Waals surface area contributed by atoms with Gasteiger partial charge in [-0.25, -0.2) is 0 Å². The number of benzene rings is 1. The summed E-state index contributed by atoms with van der Waals surface area (Å²) in [6, 6.07) is 7.45. The lowest BCUT2D eigenvalue weighted by Gasteiger charge is -2.09. The molecule has 0 bridgehead atoms. The van der Waals surface area contributed by atoms with E-state index >= 15 is 0 Å². The van der Waals surface area contributed by atoms with Gasteiger partial charge >= 0.3 is 0 Å². The smallest absolute Gasteiger partial charge is 0.104 e. The van der Waals surface area contributed by atoms with Crippen LogP contribution in [0, 0.1) is 0 Å². The van der Waals surface area contributed by atoms with Crippen LogP contribution in [-0.4, -0.2) is 21.3 Å². The molecule has 0 saturated heterocycles. The van der Waals surface area contributed by atoms with Crippen LogP contribution in [0.15, 0.2) is 36.7 Å². The van der Waals surface area contributed by atoms with Gasteiger partial charge in [-0.1, -0.05) is 23.8 Å². The van der Waals surface area contributed by atoms with Gasteiger partial charge in [0.15, 0.2) is 0 Å². The Kier molecular flexibility index (Phi) is 4.76. The Bertz CT molecular complexity index is 554. The number of nitrogens with two attached hydrogens (primary N) is 1. The maximum Gasteiger partial charge on any atom is 0.104 e. The molecule has 3 N–H and O–H groups in total. The molecule has 1 aromatic carbocycles. The maximum atomic E-state index is 6.16. The number of rotatable bonds is 6. The van der Waals surface area contributed by atoms with Crippen molar-refractivity contribution in [2.45, 2.75) is 13.0 Å². The molecule has 0 spiro atoms. The van der Waals surface area contributed by atoms with Gasteiger partial charge in [-0.3, -0.25) is 4.68 Å². The molecule has 4 nitrogen and oxygen atoms in total. The molecule has 0 saturated carbocycles. The topological polar surface area (TPSA) is 55.9 Å². The quantitative estimate of drug-likeness (QED) is 0.635. The molecule has 6 heteroatoms. The number of thiocarbonyl (C=S) groups is 1. The summed E-state index contributed by atoms with van der Waals surface area (Å²) in [4.78, 5) is 0.354.